The molecular formula is C37H64KN3O5. The molecule has 1 aliphatic rings. The van der Waals surface area contributed by atoms with Crippen LogP contribution in [0.5, 0.6) is 0 Å². The van der Waals surface area contributed by atoms with Gasteiger partial charge in [-0.05, 0) is 115 Å². The number of nitrogens with one attached hydrogen (secondary N) is 2. The molecule has 1 amide bonds. The van der Waals surface area contributed by atoms with Gasteiger partial charge in [-0.3, -0.25) is 14.6 Å². The first-order valence-corrected chi connectivity index (χ1v) is 16.8. The predicted octanol–water partition coefficient (Wildman–Crippen LogP) is 3.77. The summed E-state index contributed by atoms with van der Waals surface area (Å²) in [4.78, 5) is 27.8. The number of unbranched alkanes of at least 4 members (excludes halogenated alkanes) is 1. The minimum Gasteiger partial charge on any atom is -0.835 e. The van der Waals surface area contributed by atoms with E-state index in [1.165, 1.54) is 37.8 Å². The van der Waals surface area contributed by atoms with Gasteiger partial charge in [0.1, 0.15) is 0 Å². The average Bonchev–Trinajstić information content (AvgIpc) is 2.91. The topological polar surface area (TPSA) is 134 Å². The van der Waals surface area contributed by atoms with Crippen LogP contribution in [0.2, 0.25) is 0 Å². The minimum atomic E-state index is -1.52. The summed E-state index contributed by atoms with van der Waals surface area (Å²) in [6.07, 6.45) is 12.5. The first kappa shape index (κ1) is 47.2. The second kappa shape index (κ2) is 23.4. The summed E-state index contributed by atoms with van der Waals surface area (Å²) in [6, 6.07) is 5.94. The van der Waals surface area contributed by atoms with Gasteiger partial charge < -0.3 is 26.0 Å². The number of esters is 1. The molecule has 0 aliphatic heterocycles. The number of carbonyl (C=O) groups excluding carboxylic acids is 2. The summed E-state index contributed by atoms with van der Waals surface area (Å²) in [5.41, 5.74) is 2.80. The van der Waals surface area contributed by atoms with Gasteiger partial charge >= 0.3 is 57.4 Å². The summed E-state index contributed by atoms with van der Waals surface area (Å²) in [5, 5.41) is 20.1. The zero-order valence-corrected chi connectivity index (χ0v) is 34.3. The zero-order chi connectivity index (χ0) is 33.5. The van der Waals surface area contributed by atoms with Crippen molar-refractivity contribution in [1.29, 1.82) is 0 Å². The summed E-state index contributed by atoms with van der Waals surface area (Å²) in [6.45, 7) is 21.3. The van der Waals surface area contributed by atoms with Crippen LogP contribution in [0.3, 0.4) is 0 Å². The Morgan fingerprint density at radius 3 is 2.15 bits per heavy atom. The molecule has 0 saturated heterocycles. The fraction of sp³-hybridized carbons (Fsp3) is 0.703. The van der Waals surface area contributed by atoms with Crippen molar-refractivity contribution in [3.05, 3.63) is 41.1 Å². The quantitative estimate of drug-likeness (QED) is 0.143. The van der Waals surface area contributed by atoms with Crippen molar-refractivity contribution in [2.45, 2.75) is 164 Å². The number of nitrogens with zero attached hydrogens (tertiary/aromatic N) is 1. The number of hydrogen-bond acceptors (Lipinski definition) is 6. The van der Waals surface area contributed by atoms with Crippen LogP contribution in [0.25, 0.3) is 5.57 Å². The molecule has 258 valence electrons. The first-order valence-electron chi connectivity index (χ1n) is 16.8. The SMILES string of the molecule is CCC(=O)OC(C)C.CCCCC(=N/C=C(\C)c1ccc(CC(=O)NC(C)C)cc1C(C)([O-])NC(C)(C)C)C1CCCCC1.O.[K+]. The Hall–Kier alpha value is -0.914. The molecule has 1 atom stereocenters. The molecule has 1 unspecified atom stereocenters. The van der Waals surface area contributed by atoms with Crippen molar-refractivity contribution in [1.82, 2.24) is 10.6 Å². The van der Waals surface area contributed by atoms with Crippen LogP contribution in [-0.4, -0.2) is 40.7 Å². The maximum atomic E-state index is 13.9. The second-order valence-corrected chi connectivity index (χ2v) is 14.0. The summed E-state index contributed by atoms with van der Waals surface area (Å²) in [7, 11) is 0. The van der Waals surface area contributed by atoms with E-state index in [9.17, 15) is 14.7 Å². The van der Waals surface area contributed by atoms with Crippen LogP contribution in [0.1, 0.15) is 151 Å². The number of rotatable bonds is 13. The third-order valence-electron chi connectivity index (χ3n) is 7.39. The molecule has 2 rings (SSSR count). The van der Waals surface area contributed by atoms with E-state index in [1.807, 2.05) is 79.8 Å². The van der Waals surface area contributed by atoms with Gasteiger partial charge in [-0.1, -0.05) is 64.7 Å². The molecule has 1 saturated carbocycles. The van der Waals surface area contributed by atoms with Crippen LogP contribution < -0.4 is 67.1 Å². The van der Waals surface area contributed by atoms with E-state index in [-0.39, 0.29) is 92.8 Å². The van der Waals surface area contributed by atoms with Gasteiger partial charge in [0.05, 0.1) is 12.5 Å². The van der Waals surface area contributed by atoms with Crippen molar-refractivity contribution < 1.29 is 76.3 Å². The van der Waals surface area contributed by atoms with Crippen LogP contribution in [-0.2, 0) is 26.5 Å². The van der Waals surface area contributed by atoms with E-state index in [0.717, 1.165) is 36.0 Å². The van der Waals surface area contributed by atoms with E-state index < -0.39 is 5.72 Å². The molecule has 1 fully saturated rings. The summed E-state index contributed by atoms with van der Waals surface area (Å²) < 4.78 is 4.76. The van der Waals surface area contributed by atoms with Gasteiger partial charge in [-0.2, -0.15) is 0 Å². The first-order chi connectivity index (χ1) is 20.5. The fourth-order valence-corrected chi connectivity index (χ4v) is 5.54. The van der Waals surface area contributed by atoms with Crippen molar-refractivity contribution in [2.75, 3.05) is 0 Å². The number of amides is 1. The Kier molecular flexibility index (Phi) is 24.1. The molecule has 0 aromatic heterocycles. The molecule has 0 radical (unpaired) electrons. The summed E-state index contributed by atoms with van der Waals surface area (Å²) >= 11 is 0. The number of aliphatic imine (C=N–C) groups is 1. The smallest absolute Gasteiger partial charge is 0.835 e. The maximum Gasteiger partial charge on any atom is 1.00 e. The third-order valence-corrected chi connectivity index (χ3v) is 7.39. The Bertz CT molecular complexity index is 1100. The van der Waals surface area contributed by atoms with Gasteiger partial charge in [0.2, 0.25) is 5.91 Å². The molecule has 0 bridgehead atoms. The molecule has 4 N–H and O–H groups in total. The monoisotopic (exact) mass is 669 g/mol. The van der Waals surface area contributed by atoms with Crippen molar-refractivity contribution in [3.63, 3.8) is 0 Å². The van der Waals surface area contributed by atoms with E-state index in [4.69, 9.17) is 9.73 Å². The van der Waals surface area contributed by atoms with Gasteiger partial charge in [-0.15, -0.1) is 0 Å². The Labute approximate surface area is 323 Å². The molecule has 0 spiro atoms. The average molecular weight is 670 g/mol. The van der Waals surface area contributed by atoms with Crippen molar-refractivity contribution in [2.24, 2.45) is 10.9 Å². The predicted molar refractivity (Wildman–Crippen MR) is 186 cm³/mol. The molecule has 1 aliphatic carbocycles. The molecule has 0 heterocycles. The van der Waals surface area contributed by atoms with Crippen LogP contribution in [0.15, 0.2) is 29.4 Å². The molecule has 8 nitrogen and oxygen atoms in total. The van der Waals surface area contributed by atoms with Crippen molar-refractivity contribution in [3.8, 4) is 0 Å². The van der Waals surface area contributed by atoms with Crippen LogP contribution in [0, 0.1) is 5.92 Å². The second-order valence-electron chi connectivity index (χ2n) is 14.0. The number of ether oxygens (including phenoxy) is 1. The normalized spacial score (nSPS) is 15.6. The van der Waals surface area contributed by atoms with Crippen LogP contribution >= 0.6 is 0 Å². The Balaban J connectivity index is 0. The van der Waals surface area contributed by atoms with E-state index in [0.29, 0.717) is 17.9 Å². The van der Waals surface area contributed by atoms with Gasteiger partial charge in [0, 0.05) is 29.9 Å². The summed E-state index contributed by atoms with van der Waals surface area (Å²) in [5.74, 6) is 0.424. The minimum absolute atomic E-state index is 0. The maximum absolute atomic E-state index is 13.9. The number of hydrogen-bond donors (Lipinski definition) is 2. The molecule has 46 heavy (non-hydrogen) atoms. The zero-order valence-electron chi connectivity index (χ0n) is 31.2. The fourth-order valence-electron chi connectivity index (χ4n) is 5.54. The van der Waals surface area contributed by atoms with Gasteiger partial charge in [0.15, 0.2) is 0 Å². The number of benzene rings is 1. The molecule has 1 aromatic carbocycles. The standard InChI is InChI=1S/C31H50N3O2.C6H12O2.K.H2O/c1-9-10-16-28(25-14-12-11-13-15-25)32-21-23(4)26-18-17-24(20-29(35)33-22(2)3)19-27(26)31(8,36)34-30(5,6)7;1-4-6(7)8-5(2)3;;/h17-19,21-22,25,34H,9-16,20H2,1-8H3,(H,33,35);5H,4H2,1-3H3;;1H2/q-1;;+1;/b23-21+,32-28?;;;. The third kappa shape index (κ3) is 19.2. The molecular weight excluding hydrogens is 606 g/mol. The number of allylic oxidation sites excluding steroid dienone is 1. The van der Waals surface area contributed by atoms with Gasteiger partial charge in [0.25, 0.3) is 0 Å². The van der Waals surface area contributed by atoms with E-state index in [1.54, 1.807) is 13.8 Å². The molecule has 1 aromatic rings. The van der Waals surface area contributed by atoms with E-state index >= 15 is 0 Å². The Morgan fingerprint density at radius 2 is 1.67 bits per heavy atom. The van der Waals surface area contributed by atoms with Gasteiger partial charge in [-0.25, -0.2) is 0 Å². The largest absolute Gasteiger partial charge is 1.00 e. The Morgan fingerprint density at radius 1 is 1.07 bits per heavy atom. The number of carbonyl (C=O) groups is 2. The van der Waals surface area contributed by atoms with Crippen LogP contribution in [0.4, 0.5) is 0 Å². The van der Waals surface area contributed by atoms with Crippen molar-refractivity contribution >= 4 is 23.2 Å². The van der Waals surface area contributed by atoms with E-state index in [2.05, 4.69) is 17.6 Å². The molecule has 9 heteroatoms.